The number of anilines is 1. The molecule has 0 saturated heterocycles. The maximum absolute atomic E-state index is 12.8. The van der Waals surface area contributed by atoms with Gasteiger partial charge in [-0.25, -0.2) is 14.1 Å². The number of pyridine rings is 1. The van der Waals surface area contributed by atoms with Gasteiger partial charge in [-0.05, 0) is 17.7 Å². The second kappa shape index (κ2) is 5.32. The van der Waals surface area contributed by atoms with Gasteiger partial charge >= 0.3 is 0 Å². The Bertz CT molecular complexity index is 812. The average molecular weight is 284 g/mol. The van der Waals surface area contributed by atoms with E-state index in [1.807, 2.05) is 6.07 Å². The maximum Gasteiger partial charge on any atom is 0.222 e. The van der Waals surface area contributed by atoms with Gasteiger partial charge < -0.3 is 5.32 Å². The first-order valence-corrected chi connectivity index (χ1v) is 6.44. The number of carbonyl (C=O) groups excluding carboxylic acids is 1. The van der Waals surface area contributed by atoms with E-state index in [4.69, 9.17) is 0 Å². The fraction of sp³-hybridized carbons (Fsp3) is 0.133. The van der Waals surface area contributed by atoms with Crippen LogP contribution in [0.4, 0.5) is 10.2 Å². The van der Waals surface area contributed by atoms with Gasteiger partial charge in [0.1, 0.15) is 12.5 Å². The molecule has 0 bridgehead atoms. The van der Waals surface area contributed by atoms with E-state index in [-0.39, 0.29) is 5.91 Å². The van der Waals surface area contributed by atoms with Crippen molar-refractivity contribution in [3.8, 4) is 5.69 Å². The lowest BCUT2D eigenvalue weighted by atomic mass is 10.2. The number of benzene rings is 1. The van der Waals surface area contributed by atoms with E-state index in [0.717, 1.165) is 16.6 Å². The molecule has 0 aliphatic carbocycles. The largest absolute Gasteiger partial charge is 0.311 e. The third kappa shape index (κ3) is 2.60. The van der Waals surface area contributed by atoms with Crippen LogP contribution in [0.2, 0.25) is 0 Å². The van der Waals surface area contributed by atoms with E-state index in [2.05, 4.69) is 15.4 Å². The number of alkyl halides is 1. The Labute approximate surface area is 120 Å². The van der Waals surface area contributed by atoms with Gasteiger partial charge in [0.2, 0.25) is 5.91 Å². The van der Waals surface area contributed by atoms with Gasteiger partial charge in [0, 0.05) is 24.6 Å². The number of hydrogen-bond acceptors (Lipinski definition) is 3. The highest BCUT2D eigenvalue weighted by atomic mass is 19.1. The lowest BCUT2D eigenvalue weighted by molar-refractivity contribution is -0.114. The molecule has 6 heteroatoms. The Morgan fingerprint density at radius 3 is 2.95 bits per heavy atom. The van der Waals surface area contributed by atoms with Crippen LogP contribution in [0.15, 0.2) is 42.7 Å². The minimum Gasteiger partial charge on any atom is -0.311 e. The maximum atomic E-state index is 12.8. The molecule has 0 unspecified atom stereocenters. The van der Waals surface area contributed by atoms with Crippen molar-refractivity contribution in [2.75, 3.05) is 5.32 Å². The fourth-order valence-electron chi connectivity index (χ4n) is 2.15. The van der Waals surface area contributed by atoms with E-state index in [1.54, 1.807) is 41.3 Å². The number of rotatable bonds is 3. The molecule has 0 saturated carbocycles. The van der Waals surface area contributed by atoms with Crippen molar-refractivity contribution >= 4 is 22.6 Å². The molecule has 0 spiro atoms. The van der Waals surface area contributed by atoms with E-state index in [0.29, 0.717) is 11.4 Å². The van der Waals surface area contributed by atoms with Crippen LogP contribution in [0.25, 0.3) is 16.6 Å². The Balaban J connectivity index is 2.11. The number of hydrogen-bond donors (Lipinski definition) is 1. The third-order valence-corrected chi connectivity index (χ3v) is 3.07. The third-order valence-electron chi connectivity index (χ3n) is 3.07. The minimum absolute atomic E-state index is 0.188. The first-order chi connectivity index (χ1) is 10.2. The van der Waals surface area contributed by atoms with Gasteiger partial charge in [-0.15, -0.1) is 0 Å². The van der Waals surface area contributed by atoms with E-state index in [9.17, 15) is 9.18 Å². The molecule has 106 valence electrons. The molecule has 0 radical (unpaired) electrons. The molecule has 0 atom stereocenters. The normalized spacial score (nSPS) is 10.8. The second-order valence-electron chi connectivity index (χ2n) is 4.67. The van der Waals surface area contributed by atoms with Crippen LogP contribution in [-0.4, -0.2) is 20.7 Å². The number of nitrogens with one attached hydrogen (secondary N) is 1. The van der Waals surface area contributed by atoms with Gasteiger partial charge in [0.05, 0.1) is 17.4 Å². The summed E-state index contributed by atoms with van der Waals surface area (Å²) in [5.74, 6) is 0.269. The molecule has 0 fully saturated rings. The lowest BCUT2D eigenvalue weighted by Crippen LogP contribution is -2.07. The van der Waals surface area contributed by atoms with Crippen molar-refractivity contribution < 1.29 is 9.18 Å². The molecule has 0 aliphatic heterocycles. The number of aromatic nitrogens is 3. The Kier molecular flexibility index (Phi) is 3.35. The highest BCUT2D eigenvalue weighted by Crippen LogP contribution is 2.21. The van der Waals surface area contributed by atoms with Crippen LogP contribution < -0.4 is 5.32 Å². The minimum atomic E-state index is -0.522. The summed E-state index contributed by atoms with van der Waals surface area (Å²) in [4.78, 5) is 15.3. The number of fused-ring (bicyclic) bond motifs is 1. The summed E-state index contributed by atoms with van der Waals surface area (Å²) in [6.07, 6.45) is 3.32. The van der Waals surface area contributed by atoms with Crippen LogP contribution in [0.1, 0.15) is 12.5 Å². The van der Waals surface area contributed by atoms with Crippen molar-refractivity contribution in [3.05, 3.63) is 48.3 Å². The van der Waals surface area contributed by atoms with Gasteiger partial charge in [0.15, 0.2) is 0 Å². The molecule has 5 nitrogen and oxygen atoms in total. The monoisotopic (exact) mass is 284 g/mol. The Morgan fingerprint density at radius 2 is 2.19 bits per heavy atom. The molecule has 0 aliphatic rings. The first-order valence-electron chi connectivity index (χ1n) is 6.44. The van der Waals surface area contributed by atoms with Crippen molar-refractivity contribution in [1.82, 2.24) is 14.8 Å². The average Bonchev–Trinajstić information content (AvgIpc) is 2.90. The summed E-state index contributed by atoms with van der Waals surface area (Å²) in [6.45, 7) is 0.902. The molecule has 21 heavy (non-hydrogen) atoms. The quantitative estimate of drug-likeness (QED) is 0.804. The van der Waals surface area contributed by atoms with E-state index >= 15 is 0 Å². The lowest BCUT2D eigenvalue weighted by Gasteiger charge is -2.06. The highest BCUT2D eigenvalue weighted by molar-refractivity contribution is 5.90. The predicted octanol–water partition coefficient (Wildman–Crippen LogP) is 2.85. The molecule has 1 aromatic carbocycles. The van der Waals surface area contributed by atoms with E-state index in [1.165, 1.54) is 6.92 Å². The summed E-state index contributed by atoms with van der Waals surface area (Å²) in [7, 11) is 0. The number of nitrogens with zero attached hydrogens (tertiary/aromatic N) is 3. The molecule has 3 aromatic rings. The number of carbonyl (C=O) groups is 1. The van der Waals surface area contributed by atoms with Crippen LogP contribution in [0.3, 0.4) is 0 Å². The standard InChI is InChI=1S/C15H13FN4O/c1-10(21)19-15-6-14-12(8-17-15)9-18-20(14)13-4-2-3-11(5-13)7-16/h2-6,8-9H,7H2,1H3,(H,17,19,21). The van der Waals surface area contributed by atoms with Crippen LogP contribution >= 0.6 is 0 Å². The number of amides is 1. The zero-order valence-electron chi connectivity index (χ0n) is 11.4. The smallest absolute Gasteiger partial charge is 0.222 e. The molecule has 2 aromatic heterocycles. The van der Waals surface area contributed by atoms with Crippen molar-refractivity contribution in [1.29, 1.82) is 0 Å². The zero-order chi connectivity index (χ0) is 14.8. The van der Waals surface area contributed by atoms with Crippen LogP contribution in [0, 0.1) is 0 Å². The van der Waals surface area contributed by atoms with Crippen molar-refractivity contribution in [2.24, 2.45) is 0 Å². The molecule has 2 heterocycles. The SMILES string of the molecule is CC(=O)Nc1cc2c(cn1)cnn2-c1cccc(CF)c1. The predicted molar refractivity (Wildman–Crippen MR) is 78.0 cm³/mol. The first kappa shape index (κ1) is 13.2. The van der Waals surface area contributed by atoms with Gasteiger partial charge in [-0.2, -0.15) is 5.10 Å². The summed E-state index contributed by atoms with van der Waals surface area (Å²) >= 11 is 0. The molecular formula is C15H13FN4O. The van der Waals surface area contributed by atoms with Gasteiger partial charge in [0.25, 0.3) is 0 Å². The summed E-state index contributed by atoms with van der Waals surface area (Å²) in [5, 5.41) is 7.78. The van der Waals surface area contributed by atoms with Gasteiger partial charge in [-0.1, -0.05) is 12.1 Å². The second-order valence-corrected chi connectivity index (χ2v) is 4.67. The zero-order valence-corrected chi connectivity index (χ0v) is 11.4. The fourth-order valence-corrected chi connectivity index (χ4v) is 2.15. The molecule has 1 amide bonds. The topological polar surface area (TPSA) is 59.8 Å². The molecule has 3 rings (SSSR count). The van der Waals surface area contributed by atoms with Gasteiger partial charge in [-0.3, -0.25) is 4.79 Å². The van der Waals surface area contributed by atoms with Crippen LogP contribution in [-0.2, 0) is 11.5 Å². The Morgan fingerprint density at radius 1 is 1.33 bits per heavy atom. The highest BCUT2D eigenvalue weighted by Gasteiger charge is 2.08. The summed E-state index contributed by atoms with van der Waals surface area (Å²) < 4.78 is 14.5. The Hall–Kier alpha value is -2.76. The van der Waals surface area contributed by atoms with Crippen LogP contribution in [0.5, 0.6) is 0 Å². The summed E-state index contributed by atoms with van der Waals surface area (Å²) in [6, 6.07) is 8.84. The van der Waals surface area contributed by atoms with Crippen molar-refractivity contribution in [3.63, 3.8) is 0 Å². The molecule has 1 N–H and O–H groups in total. The van der Waals surface area contributed by atoms with Crippen molar-refractivity contribution in [2.45, 2.75) is 13.6 Å². The molecular weight excluding hydrogens is 271 g/mol. The summed E-state index contributed by atoms with van der Waals surface area (Å²) in [5.41, 5.74) is 2.15. The van der Waals surface area contributed by atoms with E-state index < -0.39 is 6.67 Å². The number of halogens is 1.